The molecule has 7 heteroatoms. The van der Waals surface area contributed by atoms with Crippen LogP contribution in [0, 0.1) is 10.1 Å². The van der Waals surface area contributed by atoms with E-state index in [1.54, 1.807) is 7.05 Å². The molecule has 0 spiro atoms. The van der Waals surface area contributed by atoms with E-state index in [-0.39, 0.29) is 18.8 Å². The van der Waals surface area contributed by atoms with Crippen molar-refractivity contribution in [3.8, 4) is 0 Å². The first-order valence-corrected chi connectivity index (χ1v) is 5.25. The molecule has 7 nitrogen and oxygen atoms in total. The number of non-ortho nitro benzene ring substituents is 1. The topological polar surface area (TPSA) is 104 Å². The number of hydrogen-bond acceptors (Lipinski definition) is 5. The van der Waals surface area contributed by atoms with Gasteiger partial charge in [0.05, 0.1) is 11.5 Å². The molecule has 0 amide bonds. The lowest BCUT2D eigenvalue weighted by atomic mass is 10.1. The third-order valence-electron chi connectivity index (χ3n) is 2.55. The number of rotatable bonds is 6. The van der Waals surface area contributed by atoms with Gasteiger partial charge in [0.15, 0.2) is 0 Å². The van der Waals surface area contributed by atoms with Crippen molar-refractivity contribution in [3.63, 3.8) is 0 Å². The van der Waals surface area contributed by atoms with Gasteiger partial charge in [-0.05, 0) is 12.6 Å². The summed E-state index contributed by atoms with van der Waals surface area (Å²) in [6.45, 7) is 0.0429. The van der Waals surface area contributed by atoms with Gasteiger partial charge in [0.2, 0.25) is 0 Å². The first-order chi connectivity index (χ1) is 8.47. The summed E-state index contributed by atoms with van der Waals surface area (Å²) in [7, 11) is 1.57. The highest BCUT2D eigenvalue weighted by molar-refractivity contribution is 5.75. The van der Waals surface area contributed by atoms with Gasteiger partial charge in [0.25, 0.3) is 5.69 Å². The van der Waals surface area contributed by atoms with E-state index in [0.29, 0.717) is 5.56 Å². The number of nitro benzene ring substituents is 1. The molecule has 0 radical (unpaired) electrons. The van der Waals surface area contributed by atoms with Crippen molar-refractivity contribution in [2.45, 2.75) is 6.04 Å². The number of carbonyl (C=O) groups is 1. The molecule has 0 aliphatic carbocycles. The summed E-state index contributed by atoms with van der Waals surface area (Å²) in [5.74, 6) is -1.07. The molecular weight excluding hydrogens is 240 g/mol. The van der Waals surface area contributed by atoms with E-state index in [9.17, 15) is 14.9 Å². The molecule has 0 saturated heterocycles. The van der Waals surface area contributed by atoms with E-state index in [1.165, 1.54) is 29.2 Å². The fourth-order valence-electron chi connectivity index (χ4n) is 1.65. The van der Waals surface area contributed by atoms with Crippen LogP contribution in [0.1, 0.15) is 11.6 Å². The Balaban J connectivity index is 2.99. The molecule has 0 saturated carbocycles. The van der Waals surface area contributed by atoms with Crippen molar-refractivity contribution in [2.24, 2.45) is 0 Å². The fraction of sp³-hybridized carbons (Fsp3) is 0.364. The van der Waals surface area contributed by atoms with Crippen LogP contribution >= 0.6 is 0 Å². The molecule has 0 aliphatic rings. The van der Waals surface area contributed by atoms with Crippen LogP contribution in [-0.2, 0) is 4.79 Å². The monoisotopic (exact) mass is 254 g/mol. The number of nitrogens with zero attached hydrogens (tertiary/aromatic N) is 2. The largest absolute Gasteiger partial charge is 0.480 e. The van der Waals surface area contributed by atoms with E-state index in [2.05, 4.69) is 0 Å². The quantitative estimate of drug-likeness (QED) is 0.570. The first kappa shape index (κ1) is 14.1. The van der Waals surface area contributed by atoms with Crippen molar-refractivity contribution in [1.82, 2.24) is 4.90 Å². The number of aliphatic carboxylic acids is 1. The number of aliphatic hydroxyl groups is 1. The van der Waals surface area contributed by atoms with E-state index in [4.69, 9.17) is 10.2 Å². The highest BCUT2D eigenvalue weighted by Gasteiger charge is 2.24. The minimum Gasteiger partial charge on any atom is -0.480 e. The third-order valence-corrected chi connectivity index (χ3v) is 2.55. The zero-order valence-electron chi connectivity index (χ0n) is 9.81. The summed E-state index contributed by atoms with van der Waals surface area (Å²) in [5.41, 5.74) is 0.344. The molecule has 1 aromatic carbocycles. The molecule has 1 unspecified atom stereocenters. The summed E-state index contributed by atoms with van der Waals surface area (Å²) in [5, 5.41) is 28.5. The molecule has 0 fully saturated rings. The summed E-state index contributed by atoms with van der Waals surface area (Å²) in [4.78, 5) is 22.6. The number of likely N-dealkylation sites (N-methyl/N-ethyl adjacent to an activating group) is 1. The highest BCUT2D eigenvalue weighted by Crippen LogP contribution is 2.22. The predicted octanol–water partition coefficient (Wildman–Crippen LogP) is 0.645. The maximum Gasteiger partial charge on any atom is 0.325 e. The van der Waals surface area contributed by atoms with Crippen LogP contribution in [0.5, 0.6) is 0 Å². The maximum absolute atomic E-state index is 11.2. The van der Waals surface area contributed by atoms with Crippen LogP contribution in [0.25, 0.3) is 0 Å². The van der Waals surface area contributed by atoms with Gasteiger partial charge in [0, 0.05) is 18.7 Å². The van der Waals surface area contributed by atoms with Crippen LogP contribution in [0.4, 0.5) is 5.69 Å². The van der Waals surface area contributed by atoms with E-state index in [1.807, 2.05) is 0 Å². The van der Waals surface area contributed by atoms with Crippen molar-refractivity contribution in [3.05, 3.63) is 39.9 Å². The molecule has 0 aliphatic heterocycles. The Bertz CT molecular complexity index is 432. The standard InChI is InChI=1S/C11H14N2O5/c1-12(6-7-14)10(11(15)16)8-2-4-9(5-3-8)13(17)18/h2-5,10,14H,6-7H2,1H3,(H,15,16). The van der Waals surface area contributed by atoms with E-state index in [0.717, 1.165) is 0 Å². The lowest BCUT2D eigenvalue weighted by Gasteiger charge is -2.23. The fourth-order valence-corrected chi connectivity index (χ4v) is 1.65. The molecule has 0 heterocycles. The Morgan fingerprint density at radius 2 is 2.00 bits per heavy atom. The van der Waals surface area contributed by atoms with E-state index < -0.39 is 16.9 Å². The third kappa shape index (κ3) is 3.25. The summed E-state index contributed by atoms with van der Waals surface area (Å²) < 4.78 is 0. The Morgan fingerprint density at radius 1 is 1.44 bits per heavy atom. The summed E-state index contributed by atoms with van der Waals surface area (Å²) in [6, 6.07) is 4.41. The molecular formula is C11H14N2O5. The van der Waals surface area contributed by atoms with Crippen LogP contribution < -0.4 is 0 Å². The van der Waals surface area contributed by atoms with Gasteiger partial charge in [-0.15, -0.1) is 0 Å². The number of carboxylic acids is 1. The van der Waals surface area contributed by atoms with Gasteiger partial charge < -0.3 is 10.2 Å². The first-order valence-electron chi connectivity index (χ1n) is 5.25. The lowest BCUT2D eigenvalue weighted by Crippen LogP contribution is -2.32. The number of carboxylic acid groups (broad SMARTS) is 1. The maximum atomic E-state index is 11.2. The van der Waals surface area contributed by atoms with Gasteiger partial charge in [0.1, 0.15) is 6.04 Å². The van der Waals surface area contributed by atoms with Gasteiger partial charge in [-0.1, -0.05) is 12.1 Å². The Labute approximate surface area is 103 Å². The second-order valence-electron chi connectivity index (χ2n) is 3.79. The van der Waals surface area contributed by atoms with Crippen molar-refractivity contribution < 1.29 is 19.9 Å². The molecule has 1 atom stereocenters. The Hall–Kier alpha value is -1.99. The lowest BCUT2D eigenvalue weighted by molar-refractivity contribution is -0.384. The second-order valence-corrected chi connectivity index (χ2v) is 3.79. The predicted molar refractivity (Wildman–Crippen MR) is 63.2 cm³/mol. The number of hydrogen-bond donors (Lipinski definition) is 2. The average molecular weight is 254 g/mol. The van der Waals surface area contributed by atoms with Crippen molar-refractivity contribution >= 4 is 11.7 Å². The number of aliphatic hydroxyl groups excluding tert-OH is 1. The Morgan fingerprint density at radius 3 is 2.39 bits per heavy atom. The molecule has 1 rings (SSSR count). The minimum atomic E-state index is -1.07. The molecule has 0 aromatic heterocycles. The van der Waals surface area contributed by atoms with Crippen LogP contribution in [0.15, 0.2) is 24.3 Å². The van der Waals surface area contributed by atoms with Gasteiger partial charge in [-0.25, -0.2) is 0 Å². The van der Waals surface area contributed by atoms with Crippen LogP contribution in [-0.4, -0.2) is 46.2 Å². The van der Waals surface area contributed by atoms with Gasteiger partial charge in [-0.2, -0.15) is 0 Å². The van der Waals surface area contributed by atoms with Crippen molar-refractivity contribution in [2.75, 3.05) is 20.2 Å². The number of benzene rings is 1. The molecule has 0 bridgehead atoms. The SMILES string of the molecule is CN(CCO)C(C(=O)O)c1ccc([N+](=O)[O-])cc1. The van der Waals surface area contributed by atoms with Crippen LogP contribution in [0.3, 0.4) is 0 Å². The molecule has 18 heavy (non-hydrogen) atoms. The van der Waals surface area contributed by atoms with Gasteiger partial charge in [-0.3, -0.25) is 19.8 Å². The molecule has 98 valence electrons. The Kier molecular flexibility index (Phi) is 4.75. The van der Waals surface area contributed by atoms with Crippen LogP contribution in [0.2, 0.25) is 0 Å². The zero-order valence-corrected chi connectivity index (χ0v) is 9.81. The normalized spacial score (nSPS) is 12.4. The summed E-state index contributed by atoms with van der Waals surface area (Å²) in [6.07, 6.45) is 0. The minimum absolute atomic E-state index is 0.0901. The van der Waals surface area contributed by atoms with Crippen molar-refractivity contribution in [1.29, 1.82) is 0 Å². The smallest absolute Gasteiger partial charge is 0.325 e. The number of nitro groups is 1. The zero-order chi connectivity index (χ0) is 13.7. The van der Waals surface area contributed by atoms with Gasteiger partial charge >= 0.3 is 5.97 Å². The summed E-state index contributed by atoms with van der Waals surface area (Å²) >= 11 is 0. The molecule has 1 aromatic rings. The second kappa shape index (κ2) is 6.08. The average Bonchev–Trinajstić information content (AvgIpc) is 2.29. The van der Waals surface area contributed by atoms with E-state index >= 15 is 0 Å². The molecule has 2 N–H and O–H groups in total. The highest BCUT2D eigenvalue weighted by atomic mass is 16.6.